The summed E-state index contributed by atoms with van der Waals surface area (Å²) < 4.78 is 38.9. The van der Waals surface area contributed by atoms with Crippen molar-refractivity contribution in [2.45, 2.75) is 64.3 Å². The third-order valence-electron chi connectivity index (χ3n) is 9.36. The van der Waals surface area contributed by atoms with Crippen molar-refractivity contribution < 1.29 is 28.1 Å². The molecule has 9 heteroatoms. The molecule has 39 heavy (non-hydrogen) atoms. The highest BCUT2D eigenvalue weighted by Gasteiger charge is 2.42. The molecular weight excluding hydrogens is 516 g/mol. The molecular formula is C30H42N2O6S. The molecule has 0 bridgehead atoms. The van der Waals surface area contributed by atoms with Gasteiger partial charge in [-0.15, -0.1) is 0 Å². The van der Waals surface area contributed by atoms with Crippen LogP contribution in [0.1, 0.15) is 71.7 Å². The van der Waals surface area contributed by atoms with Gasteiger partial charge >= 0.3 is 0 Å². The van der Waals surface area contributed by atoms with Crippen molar-refractivity contribution in [1.29, 1.82) is 0 Å². The molecule has 3 heterocycles. The Labute approximate surface area is 232 Å². The lowest BCUT2D eigenvalue weighted by atomic mass is 9.72. The minimum absolute atomic E-state index is 0.0747. The van der Waals surface area contributed by atoms with Crippen LogP contribution in [0, 0.1) is 11.8 Å². The lowest BCUT2D eigenvalue weighted by Crippen LogP contribution is -2.47. The van der Waals surface area contributed by atoms with Crippen LogP contribution in [-0.2, 0) is 36.1 Å². The summed E-state index contributed by atoms with van der Waals surface area (Å²) in [6, 6.07) is 8.11. The maximum atomic E-state index is 13.0. The Bertz CT molecular complexity index is 1310. The second kappa shape index (κ2) is 11.4. The highest BCUT2D eigenvalue weighted by Crippen LogP contribution is 2.48. The molecule has 0 radical (unpaired) electrons. The third-order valence-corrected chi connectivity index (χ3v) is 10.7. The molecule has 0 spiro atoms. The van der Waals surface area contributed by atoms with Gasteiger partial charge in [-0.25, -0.2) is 8.42 Å². The standard InChI is InChI=1S/C30H42N2O6S/c1-5-19-16-31-8-6-20-10-23(17-33)24(18-34)11-25(20)27(31)12-22(19)13-28-26-15-30(38-3)29(37-2)14-21(26)7-9-32(28)39(4,35)36/h10-11,14-15,19,22,27-28,33-34H,5-9,12-13,16-18H2,1-4H3. The second-order valence-corrected chi connectivity index (χ2v) is 13.3. The predicted octanol–water partition coefficient (Wildman–Crippen LogP) is 3.58. The van der Waals surface area contributed by atoms with E-state index in [1.807, 2.05) is 12.1 Å². The van der Waals surface area contributed by atoms with E-state index >= 15 is 0 Å². The van der Waals surface area contributed by atoms with E-state index in [4.69, 9.17) is 9.47 Å². The number of fused-ring (bicyclic) bond motifs is 4. The molecule has 5 rings (SSSR count). The molecule has 1 fully saturated rings. The SMILES string of the molecule is CCC1CN2CCc3cc(CO)c(CO)cc3C2CC1CC1c2cc(OC)c(OC)cc2CCN1S(C)(=O)=O. The maximum absolute atomic E-state index is 13.0. The van der Waals surface area contributed by atoms with Gasteiger partial charge in [0.2, 0.25) is 10.0 Å². The van der Waals surface area contributed by atoms with Crippen LogP contribution in [-0.4, -0.2) is 67.9 Å². The summed E-state index contributed by atoms with van der Waals surface area (Å²) in [6.45, 7) is 4.48. The van der Waals surface area contributed by atoms with Gasteiger partial charge in [-0.3, -0.25) is 4.90 Å². The zero-order chi connectivity index (χ0) is 27.9. The van der Waals surface area contributed by atoms with E-state index < -0.39 is 10.0 Å². The topological polar surface area (TPSA) is 99.5 Å². The third kappa shape index (κ3) is 5.32. The largest absolute Gasteiger partial charge is 0.493 e. The molecule has 0 saturated carbocycles. The van der Waals surface area contributed by atoms with Crippen molar-refractivity contribution in [2.24, 2.45) is 11.8 Å². The van der Waals surface area contributed by atoms with Crippen LogP contribution < -0.4 is 9.47 Å². The van der Waals surface area contributed by atoms with Crippen LogP contribution in [0.5, 0.6) is 11.5 Å². The highest BCUT2D eigenvalue weighted by molar-refractivity contribution is 7.88. The molecule has 8 nitrogen and oxygen atoms in total. The van der Waals surface area contributed by atoms with Crippen molar-refractivity contribution in [1.82, 2.24) is 9.21 Å². The first-order valence-corrected chi connectivity index (χ1v) is 15.9. The van der Waals surface area contributed by atoms with E-state index in [1.165, 1.54) is 17.4 Å². The molecule has 1 saturated heterocycles. The fourth-order valence-electron chi connectivity index (χ4n) is 7.31. The van der Waals surface area contributed by atoms with Crippen LogP contribution in [0.25, 0.3) is 0 Å². The number of benzene rings is 2. The van der Waals surface area contributed by atoms with E-state index in [2.05, 4.69) is 24.0 Å². The Morgan fingerprint density at radius 3 is 2.18 bits per heavy atom. The Kier molecular flexibility index (Phi) is 8.27. The Hall–Kier alpha value is -2.17. The summed E-state index contributed by atoms with van der Waals surface area (Å²) in [6.07, 6.45) is 5.61. The van der Waals surface area contributed by atoms with E-state index in [0.717, 1.165) is 61.0 Å². The smallest absolute Gasteiger partial charge is 0.211 e. The normalized spacial score (nSPS) is 25.5. The minimum Gasteiger partial charge on any atom is -0.493 e. The first-order valence-electron chi connectivity index (χ1n) is 14.0. The number of hydrogen-bond donors (Lipinski definition) is 2. The molecule has 2 N–H and O–H groups in total. The first kappa shape index (κ1) is 28.4. The number of ether oxygens (including phenoxy) is 2. The van der Waals surface area contributed by atoms with E-state index in [-0.39, 0.29) is 25.3 Å². The summed E-state index contributed by atoms with van der Waals surface area (Å²) in [7, 11) is -0.178. The van der Waals surface area contributed by atoms with Crippen molar-refractivity contribution in [3.05, 3.63) is 57.6 Å². The Morgan fingerprint density at radius 2 is 1.54 bits per heavy atom. The van der Waals surface area contributed by atoms with Crippen LogP contribution in [0.15, 0.2) is 24.3 Å². The number of hydrogen-bond acceptors (Lipinski definition) is 7. The van der Waals surface area contributed by atoms with Gasteiger partial charge in [0.25, 0.3) is 0 Å². The zero-order valence-electron chi connectivity index (χ0n) is 23.5. The van der Waals surface area contributed by atoms with Crippen molar-refractivity contribution in [3.63, 3.8) is 0 Å². The number of piperidine rings is 1. The predicted molar refractivity (Wildman–Crippen MR) is 150 cm³/mol. The van der Waals surface area contributed by atoms with Crippen LogP contribution >= 0.6 is 0 Å². The highest BCUT2D eigenvalue weighted by atomic mass is 32.2. The molecule has 4 atom stereocenters. The van der Waals surface area contributed by atoms with Crippen molar-refractivity contribution in [3.8, 4) is 11.5 Å². The summed E-state index contributed by atoms with van der Waals surface area (Å²) in [5, 5.41) is 19.8. The summed E-state index contributed by atoms with van der Waals surface area (Å²) in [5.41, 5.74) is 6.23. The summed E-state index contributed by atoms with van der Waals surface area (Å²) in [4.78, 5) is 2.57. The molecule has 4 unspecified atom stereocenters. The Morgan fingerprint density at radius 1 is 0.897 bits per heavy atom. The van der Waals surface area contributed by atoms with Gasteiger partial charge in [0, 0.05) is 25.7 Å². The van der Waals surface area contributed by atoms with Gasteiger partial charge < -0.3 is 19.7 Å². The molecule has 214 valence electrons. The number of aliphatic hydroxyl groups excluding tert-OH is 2. The van der Waals surface area contributed by atoms with Crippen LogP contribution in [0.2, 0.25) is 0 Å². The molecule has 3 aliphatic heterocycles. The quantitative estimate of drug-likeness (QED) is 0.511. The minimum atomic E-state index is -3.42. The van der Waals surface area contributed by atoms with Gasteiger partial charge in [0.1, 0.15) is 0 Å². The monoisotopic (exact) mass is 558 g/mol. The van der Waals surface area contributed by atoms with E-state index in [0.29, 0.717) is 36.3 Å². The van der Waals surface area contributed by atoms with Gasteiger partial charge in [-0.2, -0.15) is 4.31 Å². The summed E-state index contributed by atoms with van der Waals surface area (Å²) >= 11 is 0. The molecule has 0 aliphatic carbocycles. The first-order chi connectivity index (χ1) is 18.7. The molecule has 2 aromatic rings. The van der Waals surface area contributed by atoms with Crippen molar-refractivity contribution >= 4 is 10.0 Å². The van der Waals surface area contributed by atoms with Gasteiger partial charge in [0.15, 0.2) is 11.5 Å². The maximum Gasteiger partial charge on any atom is 0.211 e. The Balaban J connectivity index is 1.52. The average Bonchev–Trinajstić information content (AvgIpc) is 2.94. The number of methoxy groups -OCH3 is 2. The average molecular weight is 559 g/mol. The van der Waals surface area contributed by atoms with Crippen LogP contribution in [0.3, 0.4) is 0 Å². The molecule has 0 aromatic heterocycles. The fourth-order valence-corrected chi connectivity index (χ4v) is 8.39. The van der Waals surface area contributed by atoms with Gasteiger partial charge in [0.05, 0.1) is 39.7 Å². The number of rotatable bonds is 8. The summed E-state index contributed by atoms with van der Waals surface area (Å²) in [5.74, 6) is 2.08. The second-order valence-electron chi connectivity index (χ2n) is 11.3. The number of nitrogens with zero attached hydrogens (tertiary/aromatic N) is 2. The molecule has 3 aliphatic rings. The van der Waals surface area contributed by atoms with Crippen molar-refractivity contribution in [2.75, 3.05) is 40.1 Å². The van der Waals surface area contributed by atoms with Gasteiger partial charge in [-0.05, 0) is 83.0 Å². The number of sulfonamides is 1. The zero-order valence-corrected chi connectivity index (χ0v) is 24.3. The van der Waals surface area contributed by atoms with E-state index in [1.54, 1.807) is 18.5 Å². The lowest BCUT2D eigenvalue weighted by Gasteiger charge is -2.49. The molecule has 2 aromatic carbocycles. The van der Waals surface area contributed by atoms with E-state index in [9.17, 15) is 18.6 Å². The van der Waals surface area contributed by atoms with Gasteiger partial charge in [-0.1, -0.05) is 25.5 Å². The lowest BCUT2D eigenvalue weighted by molar-refractivity contribution is 0.0387. The number of aliphatic hydroxyl groups is 2. The van der Waals surface area contributed by atoms with Crippen LogP contribution in [0.4, 0.5) is 0 Å². The molecule has 0 amide bonds. The fraction of sp³-hybridized carbons (Fsp3) is 0.600.